The van der Waals surface area contributed by atoms with Crippen molar-refractivity contribution >= 4 is 0 Å². The van der Waals surface area contributed by atoms with Gasteiger partial charge in [0.05, 0.1) is 12.6 Å². The number of alkyl halides is 3. The maximum atomic E-state index is 11.9. The van der Waals surface area contributed by atoms with Crippen molar-refractivity contribution in [2.75, 3.05) is 33.2 Å². The number of aliphatic hydroxyl groups excluding tert-OH is 1. The Hall–Kier alpha value is -0.330. The first-order valence-corrected chi connectivity index (χ1v) is 4.99. The van der Waals surface area contributed by atoms with Gasteiger partial charge in [-0.1, -0.05) is 6.92 Å². The van der Waals surface area contributed by atoms with Gasteiger partial charge in [-0.2, -0.15) is 13.2 Å². The first-order valence-electron chi connectivity index (χ1n) is 4.99. The molecule has 1 unspecified atom stereocenters. The summed E-state index contributed by atoms with van der Waals surface area (Å²) >= 11 is 0. The molecule has 1 atom stereocenters. The minimum atomic E-state index is -4.20. The standard InChI is InChI=1S/C9H19F3N2O/c1-3-4-13-5-8(15)6-14(2)7-9(10,11)12/h8,13,15H,3-7H2,1-2H3. The number of nitrogens with one attached hydrogen (secondary N) is 1. The molecule has 0 amide bonds. The third kappa shape index (κ3) is 9.96. The van der Waals surface area contributed by atoms with Gasteiger partial charge in [0, 0.05) is 13.1 Å². The van der Waals surface area contributed by atoms with E-state index in [1.54, 1.807) is 0 Å². The summed E-state index contributed by atoms with van der Waals surface area (Å²) in [5, 5.41) is 12.3. The first-order chi connectivity index (χ1) is 6.85. The summed E-state index contributed by atoms with van der Waals surface area (Å²) in [6.45, 7) is 2.11. The lowest BCUT2D eigenvalue weighted by molar-refractivity contribution is -0.145. The molecule has 92 valence electrons. The molecule has 0 spiro atoms. The predicted octanol–water partition coefficient (Wildman–Crippen LogP) is 0.841. The van der Waals surface area contributed by atoms with Crippen LogP contribution in [-0.4, -0.2) is 55.5 Å². The van der Waals surface area contributed by atoms with Crippen molar-refractivity contribution in [2.24, 2.45) is 0 Å². The van der Waals surface area contributed by atoms with E-state index in [0.29, 0.717) is 6.54 Å². The molecule has 0 fully saturated rings. The summed E-state index contributed by atoms with van der Waals surface area (Å²) in [5.74, 6) is 0. The molecule has 0 radical (unpaired) electrons. The van der Waals surface area contributed by atoms with E-state index in [1.807, 2.05) is 6.92 Å². The lowest BCUT2D eigenvalue weighted by atomic mass is 10.3. The third-order valence-electron chi connectivity index (χ3n) is 1.78. The van der Waals surface area contributed by atoms with Crippen molar-refractivity contribution in [1.82, 2.24) is 10.2 Å². The van der Waals surface area contributed by atoms with Gasteiger partial charge in [0.25, 0.3) is 0 Å². The summed E-state index contributed by atoms with van der Waals surface area (Å²) in [7, 11) is 1.34. The zero-order valence-corrected chi connectivity index (χ0v) is 9.14. The number of nitrogens with zero attached hydrogens (tertiary/aromatic N) is 1. The van der Waals surface area contributed by atoms with Crippen LogP contribution >= 0.6 is 0 Å². The Morgan fingerprint density at radius 3 is 2.47 bits per heavy atom. The van der Waals surface area contributed by atoms with Gasteiger partial charge in [0.15, 0.2) is 0 Å². The highest BCUT2D eigenvalue weighted by Gasteiger charge is 2.29. The Kier molecular flexibility index (Phi) is 6.87. The Labute approximate surface area is 88.3 Å². The minimum Gasteiger partial charge on any atom is -0.390 e. The third-order valence-corrected chi connectivity index (χ3v) is 1.78. The normalized spacial score (nSPS) is 14.6. The number of hydrogen-bond donors (Lipinski definition) is 2. The monoisotopic (exact) mass is 228 g/mol. The average molecular weight is 228 g/mol. The van der Waals surface area contributed by atoms with Gasteiger partial charge in [0.1, 0.15) is 0 Å². The largest absolute Gasteiger partial charge is 0.401 e. The number of hydrogen-bond acceptors (Lipinski definition) is 3. The zero-order chi connectivity index (χ0) is 11.9. The Balaban J connectivity index is 3.62. The second-order valence-electron chi connectivity index (χ2n) is 3.67. The van der Waals surface area contributed by atoms with E-state index >= 15 is 0 Å². The summed E-state index contributed by atoms with van der Waals surface area (Å²) in [4.78, 5) is 1.07. The quantitative estimate of drug-likeness (QED) is 0.634. The lowest BCUT2D eigenvalue weighted by Crippen LogP contribution is -2.40. The zero-order valence-electron chi connectivity index (χ0n) is 9.14. The van der Waals surface area contributed by atoms with Gasteiger partial charge < -0.3 is 10.4 Å². The fourth-order valence-corrected chi connectivity index (χ4v) is 1.24. The van der Waals surface area contributed by atoms with E-state index < -0.39 is 18.8 Å². The highest BCUT2D eigenvalue weighted by molar-refractivity contribution is 4.66. The molecule has 15 heavy (non-hydrogen) atoms. The molecule has 0 aliphatic carbocycles. The number of aliphatic hydroxyl groups is 1. The number of rotatable bonds is 7. The van der Waals surface area contributed by atoms with Crippen LogP contribution in [0, 0.1) is 0 Å². The molecule has 0 aromatic heterocycles. The van der Waals surface area contributed by atoms with Crippen molar-refractivity contribution < 1.29 is 18.3 Å². The maximum Gasteiger partial charge on any atom is 0.401 e. The molecule has 0 saturated heterocycles. The SMILES string of the molecule is CCCNCC(O)CN(C)CC(F)(F)F. The van der Waals surface area contributed by atoms with E-state index in [4.69, 9.17) is 0 Å². The van der Waals surface area contributed by atoms with Crippen LogP contribution in [-0.2, 0) is 0 Å². The smallest absolute Gasteiger partial charge is 0.390 e. The average Bonchev–Trinajstić information content (AvgIpc) is 2.00. The van der Waals surface area contributed by atoms with Crippen molar-refractivity contribution in [1.29, 1.82) is 0 Å². The van der Waals surface area contributed by atoms with Gasteiger partial charge in [-0.25, -0.2) is 0 Å². The fraction of sp³-hybridized carbons (Fsp3) is 1.00. The van der Waals surface area contributed by atoms with Gasteiger partial charge in [-0.15, -0.1) is 0 Å². The summed E-state index contributed by atoms with van der Waals surface area (Å²) in [5.41, 5.74) is 0. The number of halogens is 3. The second-order valence-corrected chi connectivity index (χ2v) is 3.67. The van der Waals surface area contributed by atoms with Crippen LogP contribution in [0.15, 0.2) is 0 Å². The van der Waals surface area contributed by atoms with Crippen LogP contribution in [0.3, 0.4) is 0 Å². The molecule has 0 aromatic carbocycles. The summed E-state index contributed by atoms with van der Waals surface area (Å²) < 4.78 is 35.8. The highest BCUT2D eigenvalue weighted by Crippen LogP contribution is 2.15. The predicted molar refractivity (Wildman–Crippen MR) is 52.7 cm³/mol. The highest BCUT2D eigenvalue weighted by atomic mass is 19.4. The molecule has 0 bridgehead atoms. The Morgan fingerprint density at radius 2 is 2.00 bits per heavy atom. The van der Waals surface area contributed by atoms with E-state index in [1.165, 1.54) is 7.05 Å². The van der Waals surface area contributed by atoms with E-state index in [9.17, 15) is 18.3 Å². The minimum absolute atomic E-state index is 0.0240. The van der Waals surface area contributed by atoms with Crippen LogP contribution in [0.4, 0.5) is 13.2 Å². The molecule has 3 nitrogen and oxygen atoms in total. The van der Waals surface area contributed by atoms with Crippen LogP contribution in [0.25, 0.3) is 0 Å². The molecule has 0 rings (SSSR count). The molecule has 0 aromatic rings. The molecule has 2 N–H and O–H groups in total. The topological polar surface area (TPSA) is 35.5 Å². The van der Waals surface area contributed by atoms with Crippen molar-refractivity contribution in [3.63, 3.8) is 0 Å². The van der Waals surface area contributed by atoms with Crippen LogP contribution in [0.5, 0.6) is 0 Å². The van der Waals surface area contributed by atoms with Gasteiger partial charge in [-0.05, 0) is 20.0 Å². The number of likely N-dealkylation sites (N-methyl/N-ethyl adjacent to an activating group) is 1. The molecule has 0 heterocycles. The molecule has 0 aliphatic heterocycles. The Bertz CT molecular complexity index is 164. The van der Waals surface area contributed by atoms with Crippen molar-refractivity contribution in [2.45, 2.75) is 25.6 Å². The first kappa shape index (κ1) is 14.7. The Morgan fingerprint density at radius 1 is 1.40 bits per heavy atom. The van der Waals surface area contributed by atoms with Crippen LogP contribution in [0.1, 0.15) is 13.3 Å². The lowest BCUT2D eigenvalue weighted by Gasteiger charge is -2.21. The van der Waals surface area contributed by atoms with Crippen molar-refractivity contribution in [3.05, 3.63) is 0 Å². The maximum absolute atomic E-state index is 11.9. The fourth-order valence-electron chi connectivity index (χ4n) is 1.24. The van der Waals surface area contributed by atoms with Gasteiger partial charge >= 0.3 is 6.18 Å². The van der Waals surface area contributed by atoms with Gasteiger partial charge in [-0.3, -0.25) is 4.90 Å². The van der Waals surface area contributed by atoms with Crippen LogP contribution in [0.2, 0.25) is 0 Å². The van der Waals surface area contributed by atoms with E-state index in [-0.39, 0.29) is 6.54 Å². The van der Waals surface area contributed by atoms with Crippen molar-refractivity contribution in [3.8, 4) is 0 Å². The van der Waals surface area contributed by atoms with Crippen LogP contribution < -0.4 is 5.32 Å². The molecule has 0 saturated carbocycles. The summed E-state index contributed by atoms with van der Waals surface area (Å²) in [6, 6.07) is 0. The van der Waals surface area contributed by atoms with E-state index in [2.05, 4.69) is 5.32 Å². The molecule has 6 heteroatoms. The molecule has 0 aliphatic rings. The molecular weight excluding hydrogens is 209 g/mol. The summed E-state index contributed by atoms with van der Waals surface area (Å²) in [6.07, 6.45) is -4.03. The van der Waals surface area contributed by atoms with E-state index in [0.717, 1.165) is 17.9 Å². The molecular formula is C9H19F3N2O. The second kappa shape index (κ2) is 7.03. The van der Waals surface area contributed by atoms with Gasteiger partial charge in [0.2, 0.25) is 0 Å².